The molecule has 2 aromatic carbocycles. The van der Waals surface area contributed by atoms with E-state index in [4.69, 9.17) is 13.9 Å². The molecule has 10 heteroatoms. The normalized spacial score (nSPS) is 15.1. The first-order chi connectivity index (χ1) is 17.3. The average molecular weight is 498 g/mol. The van der Waals surface area contributed by atoms with E-state index in [1.807, 2.05) is 12.1 Å². The van der Waals surface area contributed by atoms with Crippen LogP contribution in [-0.4, -0.2) is 35.4 Å². The monoisotopic (exact) mass is 498 g/mol. The number of hydrogen-bond acceptors (Lipinski definition) is 5. The van der Waals surface area contributed by atoms with Crippen LogP contribution in [0.5, 0.6) is 5.75 Å². The van der Waals surface area contributed by atoms with Gasteiger partial charge in [0.1, 0.15) is 52.9 Å². The standard InChI is InChI=1S/C26H21F3N2O5/c1-13(32)35-12-16-4-6-22(36-16)25-24-17(18-11-15(34-2)3-5-21(18)30-24)7-8-31(25)26(33)23-19(28)9-14(27)10-20(23)29/h3-6,9-11,25,30H,7-8,12H2,1-2H3. The molecule has 1 aliphatic rings. The van der Waals surface area contributed by atoms with Crippen LogP contribution >= 0.6 is 0 Å². The third-order valence-corrected chi connectivity index (χ3v) is 6.19. The number of furan rings is 1. The summed E-state index contributed by atoms with van der Waals surface area (Å²) in [5.41, 5.74) is 1.44. The van der Waals surface area contributed by atoms with E-state index >= 15 is 0 Å². The zero-order chi connectivity index (χ0) is 25.6. The van der Waals surface area contributed by atoms with Gasteiger partial charge in [0, 0.05) is 36.5 Å². The summed E-state index contributed by atoms with van der Waals surface area (Å²) in [6.07, 6.45) is 0.385. The van der Waals surface area contributed by atoms with Gasteiger partial charge in [-0.3, -0.25) is 9.59 Å². The molecule has 0 saturated carbocycles. The summed E-state index contributed by atoms with van der Waals surface area (Å²) in [5, 5.41) is 0.882. The molecule has 3 heterocycles. The number of fused-ring (bicyclic) bond motifs is 3. The van der Waals surface area contributed by atoms with Crippen LogP contribution in [0.1, 0.15) is 46.1 Å². The zero-order valence-corrected chi connectivity index (χ0v) is 19.4. The summed E-state index contributed by atoms with van der Waals surface area (Å²) in [5.74, 6) is -3.87. The van der Waals surface area contributed by atoms with Crippen LogP contribution in [-0.2, 0) is 22.6 Å². The molecule has 1 unspecified atom stereocenters. The summed E-state index contributed by atoms with van der Waals surface area (Å²) in [6.45, 7) is 1.26. The minimum absolute atomic E-state index is 0.108. The van der Waals surface area contributed by atoms with E-state index in [-0.39, 0.29) is 13.2 Å². The first-order valence-corrected chi connectivity index (χ1v) is 11.1. The molecular formula is C26H21F3N2O5. The van der Waals surface area contributed by atoms with E-state index in [2.05, 4.69) is 4.98 Å². The van der Waals surface area contributed by atoms with E-state index in [0.29, 0.717) is 41.5 Å². The van der Waals surface area contributed by atoms with Crippen molar-refractivity contribution < 1.29 is 36.7 Å². The Hall–Kier alpha value is -4.21. The zero-order valence-electron chi connectivity index (χ0n) is 19.4. The van der Waals surface area contributed by atoms with Crippen LogP contribution < -0.4 is 4.74 Å². The van der Waals surface area contributed by atoms with Crippen molar-refractivity contribution in [3.8, 4) is 5.75 Å². The van der Waals surface area contributed by atoms with Gasteiger partial charge in [0.15, 0.2) is 0 Å². The van der Waals surface area contributed by atoms with E-state index in [9.17, 15) is 22.8 Å². The predicted molar refractivity (Wildman–Crippen MR) is 122 cm³/mol. The lowest BCUT2D eigenvalue weighted by molar-refractivity contribution is -0.142. The Morgan fingerprint density at radius 2 is 1.86 bits per heavy atom. The van der Waals surface area contributed by atoms with Gasteiger partial charge in [0.25, 0.3) is 5.91 Å². The number of carbonyl (C=O) groups is 2. The van der Waals surface area contributed by atoms with Gasteiger partial charge < -0.3 is 23.8 Å². The lowest BCUT2D eigenvalue weighted by atomic mass is 9.94. The largest absolute Gasteiger partial charge is 0.497 e. The lowest BCUT2D eigenvalue weighted by Gasteiger charge is -2.35. The van der Waals surface area contributed by atoms with Crippen LogP contribution in [0, 0.1) is 17.5 Å². The fraction of sp³-hybridized carbons (Fsp3) is 0.231. The van der Waals surface area contributed by atoms with Crippen molar-refractivity contribution in [2.75, 3.05) is 13.7 Å². The van der Waals surface area contributed by atoms with Crippen molar-refractivity contribution in [2.45, 2.75) is 26.0 Å². The summed E-state index contributed by atoms with van der Waals surface area (Å²) >= 11 is 0. The molecule has 0 radical (unpaired) electrons. The highest BCUT2D eigenvalue weighted by atomic mass is 19.1. The molecule has 7 nitrogen and oxygen atoms in total. The first-order valence-electron chi connectivity index (χ1n) is 11.1. The van der Waals surface area contributed by atoms with Crippen LogP contribution in [0.15, 0.2) is 46.9 Å². The van der Waals surface area contributed by atoms with E-state index in [0.717, 1.165) is 16.5 Å². The smallest absolute Gasteiger partial charge is 0.303 e. The fourth-order valence-corrected chi connectivity index (χ4v) is 4.59. The number of nitrogens with zero attached hydrogens (tertiary/aromatic N) is 1. The molecule has 4 aromatic rings. The fourth-order valence-electron chi connectivity index (χ4n) is 4.59. The number of nitrogens with one attached hydrogen (secondary N) is 1. The van der Waals surface area contributed by atoms with Gasteiger partial charge in [-0.1, -0.05) is 0 Å². The highest BCUT2D eigenvalue weighted by molar-refractivity contribution is 5.96. The van der Waals surface area contributed by atoms with Gasteiger partial charge >= 0.3 is 5.97 Å². The number of H-pyrrole nitrogens is 1. The van der Waals surface area contributed by atoms with Crippen molar-refractivity contribution in [2.24, 2.45) is 0 Å². The minimum Gasteiger partial charge on any atom is -0.497 e. The SMILES string of the molecule is COc1ccc2[nH]c3c(c2c1)CCN(C(=O)c1c(F)cc(F)cc1F)C3c1ccc(COC(C)=O)o1. The number of hydrogen-bond donors (Lipinski definition) is 1. The van der Waals surface area contributed by atoms with Crippen LogP contribution in [0.4, 0.5) is 13.2 Å². The van der Waals surface area contributed by atoms with E-state index in [1.165, 1.54) is 11.8 Å². The number of amides is 1. The van der Waals surface area contributed by atoms with Crippen molar-refractivity contribution in [1.29, 1.82) is 0 Å². The van der Waals surface area contributed by atoms with Gasteiger partial charge in [-0.2, -0.15) is 0 Å². The Bertz CT molecular complexity index is 1470. The Kier molecular flexibility index (Phi) is 5.95. The molecule has 0 spiro atoms. The Morgan fingerprint density at radius 1 is 1.11 bits per heavy atom. The molecule has 0 saturated heterocycles. The second-order valence-corrected chi connectivity index (χ2v) is 8.41. The lowest BCUT2D eigenvalue weighted by Crippen LogP contribution is -2.41. The predicted octanol–water partition coefficient (Wildman–Crippen LogP) is 5.04. The Balaban J connectivity index is 1.63. The molecule has 1 aliphatic heterocycles. The van der Waals surface area contributed by atoms with Gasteiger partial charge in [-0.15, -0.1) is 0 Å². The van der Waals surface area contributed by atoms with Crippen LogP contribution in [0.25, 0.3) is 10.9 Å². The number of ether oxygens (including phenoxy) is 2. The topological polar surface area (TPSA) is 84.8 Å². The van der Waals surface area contributed by atoms with Gasteiger partial charge in [-0.05, 0) is 42.3 Å². The van der Waals surface area contributed by atoms with E-state index in [1.54, 1.807) is 25.3 Å². The number of aromatic amines is 1. The number of benzene rings is 2. The maximum Gasteiger partial charge on any atom is 0.303 e. The van der Waals surface area contributed by atoms with Crippen molar-refractivity contribution in [3.63, 3.8) is 0 Å². The third kappa shape index (κ3) is 4.08. The number of carbonyl (C=O) groups excluding carboxylic acids is 2. The number of esters is 1. The molecule has 1 atom stereocenters. The quantitative estimate of drug-likeness (QED) is 0.390. The maximum absolute atomic E-state index is 14.6. The summed E-state index contributed by atoms with van der Waals surface area (Å²) < 4.78 is 58.8. The summed E-state index contributed by atoms with van der Waals surface area (Å²) in [6, 6.07) is 8.77. The number of halogens is 3. The van der Waals surface area contributed by atoms with Crippen LogP contribution in [0.2, 0.25) is 0 Å². The van der Waals surface area contributed by atoms with Crippen molar-refractivity contribution in [3.05, 3.63) is 88.3 Å². The molecule has 0 aliphatic carbocycles. The van der Waals surface area contributed by atoms with E-state index < -0.39 is 40.9 Å². The van der Waals surface area contributed by atoms with Gasteiger partial charge in [0.2, 0.25) is 0 Å². The second kappa shape index (κ2) is 9.10. The van der Waals surface area contributed by atoms with Crippen molar-refractivity contribution in [1.82, 2.24) is 9.88 Å². The maximum atomic E-state index is 14.6. The van der Waals surface area contributed by atoms with Crippen LogP contribution in [0.3, 0.4) is 0 Å². The Morgan fingerprint density at radius 3 is 2.56 bits per heavy atom. The molecule has 186 valence electrons. The number of methoxy groups -OCH3 is 1. The molecule has 2 aromatic heterocycles. The summed E-state index contributed by atoms with van der Waals surface area (Å²) in [7, 11) is 1.56. The molecule has 0 bridgehead atoms. The second-order valence-electron chi connectivity index (χ2n) is 8.41. The average Bonchev–Trinajstić information content (AvgIpc) is 3.45. The van der Waals surface area contributed by atoms with Crippen molar-refractivity contribution >= 4 is 22.8 Å². The molecule has 0 fully saturated rings. The summed E-state index contributed by atoms with van der Waals surface area (Å²) in [4.78, 5) is 29.2. The minimum atomic E-state index is -1.29. The molecule has 36 heavy (non-hydrogen) atoms. The molecule has 5 rings (SSSR count). The first kappa shape index (κ1) is 23.5. The molecular weight excluding hydrogens is 477 g/mol. The number of rotatable bonds is 5. The highest BCUT2D eigenvalue weighted by Gasteiger charge is 2.38. The van der Waals surface area contributed by atoms with Gasteiger partial charge in [-0.25, -0.2) is 13.2 Å². The molecule has 1 N–H and O–H groups in total. The molecule has 1 amide bonds. The Labute approximate surface area is 203 Å². The third-order valence-electron chi connectivity index (χ3n) is 6.19. The highest BCUT2D eigenvalue weighted by Crippen LogP contribution is 2.41. The number of aromatic nitrogens is 1. The van der Waals surface area contributed by atoms with Gasteiger partial charge in [0.05, 0.1) is 12.8 Å².